The molecule has 2 fully saturated rings. The van der Waals surface area contributed by atoms with E-state index in [0.717, 1.165) is 5.56 Å². The monoisotopic (exact) mass is 372 g/mol. The number of benzene rings is 1. The molecule has 2 aliphatic rings. The molecule has 0 radical (unpaired) electrons. The van der Waals surface area contributed by atoms with E-state index in [-0.39, 0.29) is 19.4 Å². The van der Waals surface area contributed by atoms with Crippen LogP contribution in [0.1, 0.15) is 31.2 Å². The normalized spacial score (nSPS) is 21.8. The number of ether oxygens (including phenoxy) is 5. The van der Waals surface area contributed by atoms with Gasteiger partial charge in [0.1, 0.15) is 18.0 Å². The first-order chi connectivity index (χ1) is 12.4. The molecule has 1 aromatic carbocycles. The van der Waals surface area contributed by atoms with Gasteiger partial charge in [0.25, 0.3) is 5.92 Å². The largest absolute Gasteiger partial charge is 0.497 e. The summed E-state index contributed by atoms with van der Waals surface area (Å²) in [6.07, 6.45) is 1.07. The molecule has 1 spiro atoms. The lowest BCUT2D eigenvalue weighted by Crippen LogP contribution is -2.57. The van der Waals surface area contributed by atoms with E-state index in [0.29, 0.717) is 31.8 Å². The molecule has 0 N–H and O–H groups in total. The number of rotatable bonds is 7. The summed E-state index contributed by atoms with van der Waals surface area (Å²) in [4.78, 5) is 0. The number of hydrogen-bond donors (Lipinski definition) is 0. The molecule has 3 rings (SSSR count). The van der Waals surface area contributed by atoms with Crippen LogP contribution in [-0.4, -0.2) is 51.4 Å². The Morgan fingerprint density at radius 3 is 2.15 bits per heavy atom. The van der Waals surface area contributed by atoms with Gasteiger partial charge in [-0.05, 0) is 30.5 Å². The zero-order chi connectivity index (χ0) is 18.7. The van der Waals surface area contributed by atoms with Crippen LogP contribution in [0, 0.1) is 0 Å². The van der Waals surface area contributed by atoms with Gasteiger partial charge in [-0.3, -0.25) is 0 Å². The lowest BCUT2D eigenvalue weighted by molar-refractivity contribution is -0.278. The van der Waals surface area contributed by atoms with Gasteiger partial charge in [-0.2, -0.15) is 0 Å². The van der Waals surface area contributed by atoms with Gasteiger partial charge in [0.05, 0.1) is 26.9 Å². The first-order valence-electron chi connectivity index (χ1n) is 8.86. The molecular weight excluding hydrogens is 346 g/mol. The third kappa shape index (κ3) is 3.86. The molecule has 1 heterocycles. The van der Waals surface area contributed by atoms with E-state index in [9.17, 15) is 8.78 Å². The molecule has 1 saturated carbocycles. The number of methoxy groups -OCH3 is 2. The van der Waals surface area contributed by atoms with Crippen molar-refractivity contribution in [3.63, 3.8) is 0 Å². The second-order valence-corrected chi connectivity index (χ2v) is 6.88. The van der Waals surface area contributed by atoms with Crippen LogP contribution in [0.25, 0.3) is 0 Å². The molecular formula is C19H26F2O5. The lowest BCUT2D eigenvalue weighted by atomic mass is 9.77. The zero-order valence-corrected chi connectivity index (χ0v) is 15.3. The van der Waals surface area contributed by atoms with Crippen molar-refractivity contribution < 1.29 is 32.5 Å². The van der Waals surface area contributed by atoms with Gasteiger partial charge in [-0.15, -0.1) is 0 Å². The van der Waals surface area contributed by atoms with Crippen molar-refractivity contribution in [2.75, 3.05) is 34.0 Å². The van der Waals surface area contributed by atoms with Crippen LogP contribution in [0.15, 0.2) is 24.3 Å². The van der Waals surface area contributed by atoms with Crippen LogP contribution >= 0.6 is 0 Å². The van der Waals surface area contributed by atoms with E-state index in [1.807, 2.05) is 12.1 Å². The van der Waals surface area contributed by atoms with E-state index >= 15 is 0 Å². The van der Waals surface area contributed by atoms with Crippen LogP contribution in [0.3, 0.4) is 0 Å². The molecule has 1 aromatic rings. The maximum atomic E-state index is 14.9. The molecule has 26 heavy (non-hydrogen) atoms. The summed E-state index contributed by atoms with van der Waals surface area (Å²) in [6, 6.07) is 7.20. The standard InChI is InChI=1S/C19H26F2O5/c1-22-14-19(20,21)17(7-9-18(10-8-17)24-11-12-25-18)26-13-15-3-5-16(23-2)6-4-15/h3-6H,7-14H2,1-2H3. The van der Waals surface area contributed by atoms with E-state index in [1.165, 1.54) is 7.11 Å². The highest BCUT2D eigenvalue weighted by molar-refractivity contribution is 5.26. The predicted octanol–water partition coefficient (Wildman–Crippen LogP) is 3.55. The number of hydrogen-bond acceptors (Lipinski definition) is 5. The van der Waals surface area contributed by atoms with Gasteiger partial charge in [0, 0.05) is 20.0 Å². The van der Waals surface area contributed by atoms with E-state index in [1.54, 1.807) is 19.2 Å². The second kappa shape index (κ2) is 7.76. The fourth-order valence-corrected chi connectivity index (χ4v) is 3.69. The quantitative estimate of drug-likeness (QED) is 0.733. The van der Waals surface area contributed by atoms with Crippen LogP contribution in [0.2, 0.25) is 0 Å². The third-order valence-corrected chi connectivity index (χ3v) is 5.30. The molecule has 1 saturated heterocycles. The summed E-state index contributed by atoms with van der Waals surface area (Å²) in [5, 5.41) is 0. The van der Waals surface area contributed by atoms with Gasteiger partial charge >= 0.3 is 0 Å². The van der Waals surface area contributed by atoms with E-state index < -0.39 is 23.9 Å². The first kappa shape index (κ1) is 19.5. The summed E-state index contributed by atoms with van der Waals surface area (Å²) in [5.41, 5.74) is -0.782. The van der Waals surface area contributed by atoms with Crippen LogP contribution in [0.4, 0.5) is 8.78 Å². The molecule has 146 valence electrons. The molecule has 7 heteroatoms. The minimum atomic E-state index is -3.10. The van der Waals surface area contributed by atoms with Crippen molar-refractivity contribution in [1.29, 1.82) is 0 Å². The fraction of sp³-hybridized carbons (Fsp3) is 0.684. The van der Waals surface area contributed by atoms with Gasteiger partial charge in [0.15, 0.2) is 5.79 Å². The third-order valence-electron chi connectivity index (χ3n) is 5.30. The SMILES string of the molecule is COCC(F)(F)C1(OCc2ccc(OC)cc2)CCC2(CC1)OCCO2. The van der Waals surface area contributed by atoms with Crippen molar-refractivity contribution >= 4 is 0 Å². The Morgan fingerprint density at radius 2 is 1.62 bits per heavy atom. The predicted molar refractivity (Wildman–Crippen MR) is 90.4 cm³/mol. The Bertz CT molecular complexity index is 574. The minimum Gasteiger partial charge on any atom is -0.497 e. The minimum absolute atomic E-state index is 0.0953. The van der Waals surface area contributed by atoms with Gasteiger partial charge in [-0.25, -0.2) is 8.78 Å². The summed E-state index contributed by atoms with van der Waals surface area (Å²) in [6.45, 7) is 0.435. The van der Waals surface area contributed by atoms with Gasteiger partial charge in [0.2, 0.25) is 0 Å². The van der Waals surface area contributed by atoms with Crippen molar-refractivity contribution in [3.8, 4) is 5.75 Å². The molecule has 5 nitrogen and oxygen atoms in total. The van der Waals surface area contributed by atoms with Crippen molar-refractivity contribution in [2.24, 2.45) is 0 Å². The highest BCUT2D eigenvalue weighted by Crippen LogP contribution is 2.49. The fourth-order valence-electron chi connectivity index (χ4n) is 3.69. The Labute approximate surface area is 152 Å². The van der Waals surface area contributed by atoms with Crippen molar-refractivity contribution in [1.82, 2.24) is 0 Å². The molecule has 1 aliphatic heterocycles. The Hall–Kier alpha value is -1.28. The van der Waals surface area contributed by atoms with E-state index in [4.69, 9.17) is 23.7 Å². The highest BCUT2D eigenvalue weighted by atomic mass is 19.3. The number of alkyl halides is 2. The van der Waals surface area contributed by atoms with Gasteiger partial charge in [-0.1, -0.05) is 12.1 Å². The summed E-state index contributed by atoms with van der Waals surface area (Å²) < 4.78 is 56.9. The first-order valence-corrected chi connectivity index (χ1v) is 8.86. The smallest absolute Gasteiger partial charge is 0.299 e. The van der Waals surface area contributed by atoms with Crippen LogP contribution in [0.5, 0.6) is 5.75 Å². The topological polar surface area (TPSA) is 46.2 Å². The number of halogens is 2. The second-order valence-electron chi connectivity index (χ2n) is 6.88. The molecule has 0 aromatic heterocycles. The zero-order valence-electron chi connectivity index (χ0n) is 15.3. The van der Waals surface area contributed by atoms with E-state index in [2.05, 4.69) is 0 Å². The maximum Gasteiger partial charge on any atom is 0.299 e. The maximum absolute atomic E-state index is 14.9. The lowest BCUT2D eigenvalue weighted by Gasteiger charge is -2.46. The average molecular weight is 372 g/mol. The Balaban J connectivity index is 1.73. The summed E-state index contributed by atoms with van der Waals surface area (Å²) in [7, 11) is 2.86. The Morgan fingerprint density at radius 1 is 1.00 bits per heavy atom. The summed E-state index contributed by atoms with van der Waals surface area (Å²) >= 11 is 0. The molecule has 0 bridgehead atoms. The Kier molecular flexibility index (Phi) is 5.81. The highest BCUT2D eigenvalue weighted by Gasteiger charge is 2.59. The van der Waals surface area contributed by atoms with Crippen molar-refractivity contribution in [3.05, 3.63) is 29.8 Å². The molecule has 0 unspecified atom stereocenters. The van der Waals surface area contributed by atoms with Crippen LogP contribution < -0.4 is 4.74 Å². The molecule has 1 aliphatic carbocycles. The average Bonchev–Trinajstić information content (AvgIpc) is 3.10. The van der Waals surface area contributed by atoms with Crippen LogP contribution in [-0.2, 0) is 25.6 Å². The molecule has 0 atom stereocenters. The molecule has 0 amide bonds. The van der Waals surface area contributed by atoms with Gasteiger partial charge < -0.3 is 23.7 Å². The summed E-state index contributed by atoms with van der Waals surface area (Å²) in [5.74, 6) is -3.12. The van der Waals surface area contributed by atoms with Crippen molar-refractivity contribution in [2.45, 2.75) is 49.6 Å².